The average molecular weight is 468 g/mol. The Morgan fingerprint density at radius 2 is 1.76 bits per heavy atom. The molecule has 0 aliphatic heterocycles. The van der Waals surface area contributed by atoms with Gasteiger partial charge in [0.15, 0.2) is 0 Å². The zero-order valence-corrected chi connectivity index (χ0v) is 19.3. The number of alkyl halides is 3. The molecule has 0 aliphatic carbocycles. The quantitative estimate of drug-likeness (QED) is 0.372. The molecule has 2 rings (SSSR count). The Bertz CT molecular complexity index is 1020. The number of pyridine rings is 1. The fourth-order valence-electron chi connectivity index (χ4n) is 3.49. The monoisotopic (exact) mass is 467 g/mol. The summed E-state index contributed by atoms with van der Waals surface area (Å²) in [5.41, 5.74) is 6.10. The average Bonchev–Trinajstić information content (AvgIpc) is 2.67. The summed E-state index contributed by atoms with van der Waals surface area (Å²) < 4.78 is 68.2. The smallest absolute Gasteiger partial charge is 0.380 e. The van der Waals surface area contributed by atoms with E-state index >= 15 is 0 Å². The van der Waals surface area contributed by atoms with Crippen molar-refractivity contribution >= 4 is 5.70 Å². The van der Waals surface area contributed by atoms with Crippen molar-refractivity contribution in [3.63, 3.8) is 0 Å². The van der Waals surface area contributed by atoms with Gasteiger partial charge in [-0.1, -0.05) is 12.7 Å². The third-order valence-corrected chi connectivity index (χ3v) is 5.18. The van der Waals surface area contributed by atoms with Gasteiger partial charge in [0.05, 0.1) is 5.69 Å². The predicted molar refractivity (Wildman–Crippen MR) is 121 cm³/mol. The first-order valence-corrected chi connectivity index (χ1v) is 10.5. The van der Waals surface area contributed by atoms with Crippen molar-refractivity contribution in [3.05, 3.63) is 83.2 Å². The molecule has 8 heteroatoms. The van der Waals surface area contributed by atoms with Gasteiger partial charge in [-0.3, -0.25) is 0 Å². The van der Waals surface area contributed by atoms with Crippen LogP contribution >= 0.6 is 0 Å². The standard InChI is InChI=1S/C25H30F5N3/c1-7-16(21(31)12-17-11-19(26)14(2)10-20(17)27)13-22-18(15(3)33-24(4,5)6)8-9-23(32-22)25(28,29)30/h7-11,16,21,33H,1,3,12-13,31H2,2,4-6H3/t16?,21-/m1/s1. The number of nitrogens with one attached hydrogen (secondary N) is 1. The van der Waals surface area contributed by atoms with Gasteiger partial charge in [-0.05, 0) is 81.8 Å². The minimum atomic E-state index is -4.62. The van der Waals surface area contributed by atoms with Crippen molar-refractivity contribution in [2.75, 3.05) is 0 Å². The maximum atomic E-state index is 14.3. The fourth-order valence-corrected chi connectivity index (χ4v) is 3.49. The lowest BCUT2D eigenvalue weighted by atomic mass is 9.88. The van der Waals surface area contributed by atoms with Gasteiger partial charge in [0, 0.05) is 22.8 Å². The molecular formula is C25H30F5N3. The van der Waals surface area contributed by atoms with Gasteiger partial charge < -0.3 is 11.1 Å². The molecule has 33 heavy (non-hydrogen) atoms. The molecule has 3 nitrogen and oxygen atoms in total. The molecule has 0 bridgehead atoms. The van der Waals surface area contributed by atoms with Gasteiger partial charge in [-0.25, -0.2) is 13.8 Å². The number of rotatable bonds is 8. The highest BCUT2D eigenvalue weighted by Crippen LogP contribution is 2.31. The molecule has 2 atom stereocenters. The zero-order chi connectivity index (χ0) is 25.1. The van der Waals surface area contributed by atoms with E-state index in [4.69, 9.17) is 5.73 Å². The van der Waals surface area contributed by atoms with Gasteiger partial charge in [-0.15, -0.1) is 6.58 Å². The van der Waals surface area contributed by atoms with Crippen LogP contribution < -0.4 is 11.1 Å². The third kappa shape index (κ3) is 7.12. The largest absolute Gasteiger partial charge is 0.433 e. The summed E-state index contributed by atoms with van der Waals surface area (Å²) in [6.07, 6.45) is -3.13. The van der Waals surface area contributed by atoms with Crippen LogP contribution in [0.15, 0.2) is 43.5 Å². The second-order valence-corrected chi connectivity index (χ2v) is 9.21. The number of aryl methyl sites for hydroxylation is 1. The van der Waals surface area contributed by atoms with E-state index in [1.807, 2.05) is 20.8 Å². The molecule has 0 amide bonds. The van der Waals surface area contributed by atoms with Crippen LogP contribution in [0.2, 0.25) is 0 Å². The van der Waals surface area contributed by atoms with Crippen molar-refractivity contribution in [1.29, 1.82) is 0 Å². The van der Waals surface area contributed by atoms with Gasteiger partial charge in [0.25, 0.3) is 0 Å². The number of aromatic nitrogens is 1. The number of hydrogen-bond donors (Lipinski definition) is 2. The van der Waals surface area contributed by atoms with Crippen LogP contribution in [-0.4, -0.2) is 16.6 Å². The molecule has 0 fully saturated rings. The van der Waals surface area contributed by atoms with Crippen LogP contribution in [0.5, 0.6) is 0 Å². The molecule has 0 saturated carbocycles. The highest BCUT2D eigenvalue weighted by Gasteiger charge is 2.33. The molecule has 1 heterocycles. The van der Waals surface area contributed by atoms with E-state index in [1.165, 1.54) is 19.1 Å². The molecule has 0 aliphatic rings. The molecule has 3 N–H and O–H groups in total. The minimum Gasteiger partial charge on any atom is -0.380 e. The Morgan fingerprint density at radius 3 is 2.30 bits per heavy atom. The topological polar surface area (TPSA) is 50.9 Å². The Balaban J connectivity index is 2.39. The number of benzene rings is 1. The highest BCUT2D eigenvalue weighted by molar-refractivity contribution is 5.64. The summed E-state index contributed by atoms with van der Waals surface area (Å²) in [6, 6.07) is 3.68. The summed E-state index contributed by atoms with van der Waals surface area (Å²) in [5, 5.41) is 3.15. The van der Waals surface area contributed by atoms with E-state index in [2.05, 4.69) is 23.5 Å². The molecular weight excluding hydrogens is 437 g/mol. The van der Waals surface area contributed by atoms with E-state index in [1.54, 1.807) is 0 Å². The first-order chi connectivity index (χ1) is 15.1. The SMILES string of the molecule is C=CC(Cc1nc(C(F)(F)F)ccc1C(=C)NC(C)(C)C)[C@H](N)Cc1cc(F)c(C)cc1F. The first-order valence-electron chi connectivity index (χ1n) is 10.5. The summed E-state index contributed by atoms with van der Waals surface area (Å²) in [5.74, 6) is -1.70. The van der Waals surface area contributed by atoms with Crippen LogP contribution in [0, 0.1) is 24.5 Å². The van der Waals surface area contributed by atoms with Gasteiger partial charge in [0.2, 0.25) is 0 Å². The van der Waals surface area contributed by atoms with Crippen molar-refractivity contribution in [2.45, 2.75) is 58.3 Å². The minimum absolute atomic E-state index is 0.0186. The lowest BCUT2D eigenvalue weighted by molar-refractivity contribution is -0.141. The normalized spacial score (nSPS) is 14.0. The molecule has 0 saturated heterocycles. The number of halogens is 5. The lowest BCUT2D eigenvalue weighted by Crippen LogP contribution is -2.35. The Labute approximate surface area is 191 Å². The number of hydrogen-bond acceptors (Lipinski definition) is 3. The van der Waals surface area contributed by atoms with Crippen LogP contribution in [0.1, 0.15) is 48.8 Å². The molecule has 1 aromatic carbocycles. The fraction of sp³-hybridized carbons (Fsp3) is 0.400. The Hall–Kier alpha value is -2.74. The summed E-state index contributed by atoms with van der Waals surface area (Å²) in [4.78, 5) is 3.85. The van der Waals surface area contributed by atoms with Crippen molar-refractivity contribution in [1.82, 2.24) is 10.3 Å². The van der Waals surface area contributed by atoms with Crippen molar-refractivity contribution in [3.8, 4) is 0 Å². The van der Waals surface area contributed by atoms with E-state index < -0.39 is 35.5 Å². The third-order valence-electron chi connectivity index (χ3n) is 5.18. The second kappa shape index (κ2) is 10.0. The number of nitrogens with two attached hydrogens (primary N) is 1. The molecule has 180 valence electrons. The van der Waals surface area contributed by atoms with E-state index in [0.717, 1.165) is 18.2 Å². The van der Waals surface area contributed by atoms with Gasteiger partial charge in [-0.2, -0.15) is 13.2 Å². The van der Waals surface area contributed by atoms with E-state index in [-0.39, 0.29) is 35.2 Å². The van der Waals surface area contributed by atoms with Gasteiger partial charge in [0.1, 0.15) is 17.3 Å². The van der Waals surface area contributed by atoms with Crippen molar-refractivity contribution in [2.24, 2.45) is 11.7 Å². The van der Waals surface area contributed by atoms with Crippen LogP contribution in [0.25, 0.3) is 5.70 Å². The molecule has 0 spiro atoms. The van der Waals surface area contributed by atoms with Crippen LogP contribution in [0.3, 0.4) is 0 Å². The predicted octanol–water partition coefficient (Wildman–Crippen LogP) is 5.96. The van der Waals surface area contributed by atoms with Crippen LogP contribution in [0.4, 0.5) is 22.0 Å². The Morgan fingerprint density at radius 1 is 1.12 bits per heavy atom. The van der Waals surface area contributed by atoms with Gasteiger partial charge >= 0.3 is 6.18 Å². The second-order valence-electron chi connectivity index (χ2n) is 9.21. The lowest BCUT2D eigenvalue weighted by Gasteiger charge is -2.27. The van der Waals surface area contributed by atoms with E-state index in [0.29, 0.717) is 11.3 Å². The summed E-state index contributed by atoms with van der Waals surface area (Å²) in [7, 11) is 0. The highest BCUT2D eigenvalue weighted by atomic mass is 19.4. The molecule has 1 aromatic heterocycles. The van der Waals surface area contributed by atoms with Crippen LogP contribution in [-0.2, 0) is 19.0 Å². The molecule has 0 radical (unpaired) electrons. The molecule has 2 aromatic rings. The summed E-state index contributed by atoms with van der Waals surface area (Å²) in [6.45, 7) is 14.8. The number of nitrogens with zero attached hydrogens (tertiary/aromatic N) is 1. The van der Waals surface area contributed by atoms with E-state index in [9.17, 15) is 22.0 Å². The first kappa shape index (κ1) is 26.5. The zero-order valence-electron chi connectivity index (χ0n) is 19.3. The maximum Gasteiger partial charge on any atom is 0.433 e. The van der Waals surface area contributed by atoms with Crippen molar-refractivity contribution < 1.29 is 22.0 Å². The Kier molecular flexibility index (Phi) is 8.06. The maximum absolute atomic E-state index is 14.3. The molecule has 1 unspecified atom stereocenters. The summed E-state index contributed by atoms with van der Waals surface area (Å²) >= 11 is 0.